The van der Waals surface area contributed by atoms with Gasteiger partial charge in [-0.05, 0) is 78.7 Å². The lowest BCUT2D eigenvalue weighted by Crippen LogP contribution is -2.30. The van der Waals surface area contributed by atoms with Crippen molar-refractivity contribution >= 4 is 58.5 Å². The van der Waals surface area contributed by atoms with E-state index >= 15 is 0 Å². The highest BCUT2D eigenvalue weighted by Crippen LogP contribution is 2.32. The molecule has 0 saturated heterocycles. The quantitative estimate of drug-likeness (QED) is 0.114. The first kappa shape index (κ1) is 33.0. The van der Waals surface area contributed by atoms with Crippen molar-refractivity contribution in [1.29, 1.82) is 0 Å². The van der Waals surface area contributed by atoms with Gasteiger partial charge in [0.2, 0.25) is 5.91 Å². The first-order valence-corrected chi connectivity index (χ1v) is 15.1. The van der Waals surface area contributed by atoms with Gasteiger partial charge in [-0.25, -0.2) is 0 Å². The van der Waals surface area contributed by atoms with Gasteiger partial charge in [0.05, 0.1) is 32.8 Å². The van der Waals surface area contributed by atoms with Gasteiger partial charge in [0.1, 0.15) is 11.4 Å². The van der Waals surface area contributed by atoms with Crippen molar-refractivity contribution in [2.45, 2.75) is 11.8 Å². The van der Waals surface area contributed by atoms with E-state index in [1.807, 2.05) is 6.92 Å². The van der Waals surface area contributed by atoms with Crippen LogP contribution in [0.2, 0.25) is 5.02 Å². The number of aryl methyl sites for hydroxylation is 1. The second kappa shape index (κ2) is 15.7. The lowest BCUT2D eigenvalue weighted by Gasteiger charge is -2.13. The number of hydrogen-bond donors (Lipinski definition) is 3. The van der Waals surface area contributed by atoms with Crippen LogP contribution in [0.1, 0.15) is 21.5 Å². The minimum atomic E-state index is -0.527. The smallest absolute Gasteiger partial charge is 0.272 e. The van der Waals surface area contributed by atoms with E-state index in [-0.39, 0.29) is 17.4 Å². The minimum absolute atomic E-state index is 0.0269. The van der Waals surface area contributed by atoms with Crippen LogP contribution >= 0.6 is 23.4 Å². The molecule has 11 heteroatoms. The number of amides is 3. The van der Waals surface area contributed by atoms with Gasteiger partial charge < -0.3 is 30.2 Å². The summed E-state index contributed by atoms with van der Waals surface area (Å²) in [7, 11) is 4.56. The van der Waals surface area contributed by atoms with Crippen molar-refractivity contribution in [3.63, 3.8) is 0 Å². The number of hydrogen-bond acceptors (Lipinski definition) is 7. The van der Waals surface area contributed by atoms with Gasteiger partial charge in [-0.2, -0.15) is 0 Å². The molecule has 0 radical (unpaired) electrons. The second-order valence-electron chi connectivity index (χ2n) is 9.61. The van der Waals surface area contributed by atoms with Gasteiger partial charge in [0, 0.05) is 27.2 Å². The number of carbonyl (C=O) groups excluding carboxylic acids is 3. The summed E-state index contributed by atoms with van der Waals surface area (Å²) < 4.78 is 16.0. The summed E-state index contributed by atoms with van der Waals surface area (Å²) in [6.07, 6.45) is 1.55. The average molecular weight is 646 g/mol. The molecular weight excluding hydrogens is 614 g/mol. The van der Waals surface area contributed by atoms with Gasteiger partial charge in [0.15, 0.2) is 11.5 Å². The molecule has 0 unspecified atom stereocenters. The number of methoxy groups -OCH3 is 3. The molecule has 0 atom stereocenters. The first-order chi connectivity index (χ1) is 21.7. The molecule has 0 spiro atoms. The fourth-order valence-electron chi connectivity index (χ4n) is 4.15. The molecule has 232 valence electrons. The predicted octanol–water partition coefficient (Wildman–Crippen LogP) is 6.81. The third kappa shape index (κ3) is 9.04. The number of nitrogens with one attached hydrogen (secondary N) is 3. The maximum absolute atomic E-state index is 13.4. The minimum Gasteiger partial charge on any atom is -0.495 e. The maximum atomic E-state index is 13.4. The SMILES string of the molecule is COc1cc(Cl)c(C)cc1NC(=O)CSc1ccc(NC(=O)/C(=C/c2ccc(OC)c(OC)c2)NC(=O)c2ccccc2)cc1. The Morgan fingerprint density at radius 2 is 1.49 bits per heavy atom. The van der Waals surface area contributed by atoms with Crippen LogP contribution in [0, 0.1) is 6.92 Å². The normalized spacial score (nSPS) is 10.9. The Bertz CT molecular complexity index is 1710. The van der Waals surface area contributed by atoms with Gasteiger partial charge in [0.25, 0.3) is 11.8 Å². The van der Waals surface area contributed by atoms with Crippen molar-refractivity contribution in [3.05, 3.63) is 112 Å². The number of thioether (sulfide) groups is 1. The number of rotatable bonds is 12. The Labute approximate surface area is 270 Å². The average Bonchev–Trinajstić information content (AvgIpc) is 3.05. The van der Waals surface area contributed by atoms with E-state index in [0.29, 0.717) is 44.8 Å². The third-order valence-corrected chi connectivity index (χ3v) is 7.90. The van der Waals surface area contributed by atoms with Crippen LogP contribution < -0.4 is 30.2 Å². The van der Waals surface area contributed by atoms with Gasteiger partial charge in [-0.3, -0.25) is 14.4 Å². The summed E-state index contributed by atoms with van der Waals surface area (Å²) in [5.41, 5.74) is 2.90. The summed E-state index contributed by atoms with van der Waals surface area (Å²) in [6.45, 7) is 1.85. The monoisotopic (exact) mass is 645 g/mol. The molecule has 0 saturated carbocycles. The Hall–Kier alpha value is -4.93. The van der Waals surface area contributed by atoms with Crippen LogP contribution in [0.15, 0.2) is 95.5 Å². The molecule has 0 bridgehead atoms. The molecule has 3 amide bonds. The Kier molecular flexibility index (Phi) is 11.5. The van der Waals surface area contributed by atoms with Crippen molar-refractivity contribution < 1.29 is 28.6 Å². The molecule has 0 aliphatic carbocycles. The standard InChI is InChI=1S/C34H32ClN3O6S/c1-21-16-27(30(43-3)19-26(21)35)37-32(39)20-45-25-13-11-24(12-14-25)36-34(41)28(38-33(40)23-8-6-5-7-9-23)17-22-10-15-29(42-2)31(18-22)44-4/h5-19H,20H2,1-4H3,(H,36,41)(H,37,39)(H,38,40)/b28-17-. The summed E-state index contributed by atoms with van der Waals surface area (Å²) in [6, 6.07) is 24.2. The Morgan fingerprint density at radius 3 is 2.16 bits per heavy atom. The third-order valence-electron chi connectivity index (χ3n) is 6.48. The summed E-state index contributed by atoms with van der Waals surface area (Å²) in [5.74, 6) is 0.462. The molecule has 45 heavy (non-hydrogen) atoms. The molecule has 0 aliphatic rings. The fourth-order valence-corrected chi connectivity index (χ4v) is 5.00. The van der Waals surface area contributed by atoms with Gasteiger partial charge in [-0.15, -0.1) is 11.8 Å². The summed E-state index contributed by atoms with van der Waals surface area (Å²) in [4.78, 5) is 39.8. The molecule has 9 nitrogen and oxygen atoms in total. The highest BCUT2D eigenvalue weighted by atomic mass is 35.5. The van der Waals surface area contributed by atoms with E-state index in [0.717, 1.165) is 10.5 Å². The molecule has 0 aliphatic heterocycles. The second-order valence-corrected chi connectivity index (χ2v) is 11.1. The number of anilines is 2. The fraction of sp³-hybridized carbons (Fsp3) is 0.147. The van der Waals surface area contributed by atoms with Crippen LogP contribution in [0.4, 0.5) is 11.4 Å². The lowest BCUT2D eigenvalue weighted by atomic mass is 10.1. The van der Waals surface area contributed by atoms with Crippen molar-refractivity contribution in [1.82, 2.24) is 5.32 Å². The number of halogens is 1. The molecule has 4 rings (SSSR count). The van der Waals surface area contributed by atoms with Crippen LogP contribution in [-0.2, 0) is 9.59 Å². The number of ether oxygens (including phenoxy) is 3. The van der Waals surface area contributed by atoms with Crippen molar-refractivity contribution in [2.24, 2.45) is 0 Å². The Morgan fingerprint density at radius 1 is 0.800 bits per heavy atom. The van der Waals surface area contributed by atoms with E-state index in [1.165, 1.54) is 33.1 Å². The molecule has 0 heterocycles. The first-order valence-electron chi connectivity index (χ1n) is 13.7. The zero-order valence-electron chi connectivity index (χ0n) is 25.1. The highest BCUT2D eigenvalue weighted by molar-refractivity contribution is 8.00. The number of carbonyl (C=O) groups is 3. The zero-order chi connectivity index (χ0) is 32.3. The lowest BCUT2D eigenvalue weighted by molar-refractivity contribution is -0.114. The molecule has 0 aromatic heterocycles. The van der Waals surface area contributed by atoms with E-state index < -0.39 is 11.8 Å². The largest absolute Gasteiger partial charge is 0.495 e. The molecule has 0 fully saturated rings. The van der Waals surface area contributed by atoms with Crippen LogP contribution in [-0.4, -0.2) is 44.8 Å². The molecule has 4 aromatic rings. The predicted molar refractivity (Wildman–Crippen MR) is 179 cm³/mol. The van der Waals surface area contributed by atoms with E-state index in [1.54, 1.807) is 91.0 Å². The van der Waals surface area contributed by atoms with Crippen molar-refractivity contribution in [2.75, 3.05) is 37.7 Å². The van der Waals surface area contributed by atoms with Crippen LogP contribution in [0.3, 0.4) is 0 Å². The van der Waals surface area contributed by atoms with Crippen molar-refractivity contribution in [3.8, 4) is 17.2 Å². The van der Waals surface area contributed by atoms with Gasteiger partial charge in [-0.1, -0.05) is 35.9 Å². The number of benzene rings is 4. The highest BCUT2D eigenvalue weighted by Gasteiger charge is 2.16. The van der Waals surface area contributed by atoms with E-state index in [2.05, 4.69) is 16.0 Å². The molecule has 4 aromatic carbocycles. The van der Waals surface area contributed by atoms with E-state index in [9.17, 15) is 14.4 Å². The summed E-state index contributed by atoms with van der Waals surface area (Å²) in [5, 5.41) is 8.95. The molecule has 3 N–H and O–H groups in total. The van der Waals surface area contributed by atoms with Crippen LogP contribution in [0.25, 0.3) is 6.08 Å². The van der Waals surface area contributed by atoms with E-state index in [4.69, 9.17) is 25.8 Å². The Balaban J connectivity index is 1.44. The maximum Gasteiger partial charge on any atom is 0.272 e. The zero-order valence-corrected chi connectivity index (χ0v) is 26.7. The molecular formula is C34H32ClN3O6S. The summed E-state index contributed by atoms with van der Waals surface area (Å²) >= 11 is 7.49. The van der Waals surface area contributed by atoms with Gasteiger partial charge >= 0.3 is 0 Å². The topological polar surface area (TPSA) is 115 Å². The van der Waals surface area contributed by atoms with Crippen LogP contribution in [0.5, 0.6) is 17.2 Å².